The number of nitrogens with two attached hydrogens (primary N) is 1. The number of sulfonamides is 1. The summed E-state index contributed by atoms with van der Waals surface area (Å²) in [6.07, 6.45) is 1.28. The topological polar surface area (TPSA) is 98.5 Å². The Kier molecular flexibility index (Phi) is 4.42. The van der Waals surface area contributed by atoms with Crippen molar-refractivity contribution in [2.45, 2.75) is 43.4 Å². The van der Waals surface area contributed by atoms with Crippen LogP contribution in [0.15, 0.2) is 29.2 Å². The molecule has 2 unspecified atom stereocenters. The van der Waals surface area contributed by atoms with E-state index in [1.54, 1.807) is 12.1 Å². The van der Waals surface area contributed by atoms with Gasteiger partial charge in [-0.15, -0.1) is 0 Å². The molecule has 0 radical (unpaired) electrons. The molecule has 6 nitrogen and oxygen atoms in total. The fourth-order valence-electron chi connectivity index (χ4n) is 2.13. The normalized spacial score (nSPS) is 22.7. The number of carbonyl (C=O) groups is 1. The Morgan fingerprint density at radius 1 is 1.45 bits per heavy atom. The molecule has 110 valence electrons. The fourth-order valence-corrected chi connectivity index (χ4v) is 2.71. The van der Waals surface area contributed by atoms with Gasteiger partial charge in [-0.1, -0.05) is 12.1 Å². The molecule has 1 fully saturated rings. The zero-order valence-corrected chi connectivity index (χ0v) is 12.0. The third-order valence-electron chi connectivity index (χ3n) is 3.22. The Morgan fingerprint density at radius 2 is 2.20 bits per heavy atom. The lowest BCUT2D eigenvalue weighted by molar-refractivity contribution is -0.131. The van der Waals surface area contributed by atoms with Gasteiger partial charge in [0.1, 0.15) is 6.10 Å². The predicted molar refractivity (Wildman–Crippen MR) is 73.2 cm³/mol. The number of nitrogens with one attached hydrogen (secondary N) is 1. The number of primary sulfonamides is 1. The average Bonchev–Trinajstić information content (AvgIpc) is 2.82. The van der Waals surface area contributed by atoms with E-state index in [1.165, 1.54) is 12.1 Å². The molecule has 1 amide bonds. The highest BCUT2D eigenvalue weighted by Crippen LogP contribution is 2.19. The molecule has 1 heterocycles. The lowest BCUT2D eigenvalue weighted by Gasteiger charge is -2.12. The van der Waals surface area contributed by atoms with E-state index < -0.39 is 16.1 Å². The summed E-state index contributed by atoms with van der Waals surface area (Å²) < 4.78 is 27.9. The Morgan fingerprint density at radius 3 is 2.80 bits per heavy atom. The van der Waals surface area contributed by atoms with Crippen LogP contribution in [0.1, 0.15) is 25.3 Å². The summed E-state index contributed by atoms with van der Waals surface area (Å²) in [5.41, 5.74) is 0.677. The maximum absolute atomic E-state index is 11.9. The first-order valence-electron chi connectivity index (χ1n) is 6.41. The summed E-state index contributed by atoms with van der Waals surface area (Å²) in [7, 11) is -3.72. The number of rotatable bonds is 4. The molecular formula is C13H18N2O4S. The van der Waals surface area contributed by atoms with E-state index >= 15 is 0 Å². The standard InChI is InChI=1S/C13H18N2O4S/c1-9-5-6-12(19-9)13(16)15-8-10-3-2-4-11(7-10)20(14,17)18/h2-4,7,9,12H,5-6,8H2,1H3,(H,15,16)(H2,14,17,18). The molecule has 1 saturated heterocycles. The number of hydrogen-bond acceptors (Lipinski definition) is 4. The minimum absolute atomic E-state index is 0.0370. The van der Waals surface area contributed by atoms with Crippen molar-refractivity contribution in [1.29, 1.82) is 0 Å². The largest absolute Gasteiger partial charge is 0.365 e. The minimum Gasteiger partial charge on any atom is -0.365 e. The molecule has 1 aromatic carbocycles. The minimum atomic E-state index is -3.72. The Labute approximate surface area is 118 Å². The number of amides is 1. The van der Waals surface area contributed by atoms with Crippen molar-refractivity contribution in [3.8, 4) is 0 Å². The molecule has 0 spiro atoms. The van der Waals surface area contributed by atoms with Crippen LogP contribution in [0.4, 0.5) is 0 Å². The zero-order valence-electron chi connectivity index (χ0n) is 11.2. The van der Waals surface area contributed by atoms with E-state index in [-0.39, 0.29) is 23.5 Å². The van der Waals surface area contributed by atoms with E-state index in [4.69, 9.17) is 9.88 Å². The van der Waals surface area contributed by atoms with Crippen LogP contribution in [-0.2, 0) is 26.1 Å². The average molecular weight is 298 g/mol. The summed E-state index contributed by atoms with van der Waals surface area (Å²) >= 11 is 0. The SMILES string of the molecule is CC1CCC(C(=O)NCc2cccc(S(N)(=O)=O)c2)O1. The van der Waals surface area contributed by atoms with E-state index in [0.29, 0.717) is 12.0 Å². The summed E-state index contributed by atoms with van der Waals surface area (Å²) in [5.74, 6) is -0.171. The van der Waals surface area contributed by atoms with E-state index in [2.05, 4.69) is 5.32 Å². The van der Waals surface area contributed by atoms with Gasteiger partial charge in [0.05, 0.1) is 11.0 Å². The van der Waals surface area contributed by atoms with Crippen LogP contribution in [0.25, 0.3) is 0 Å². The molecule has 2 rings (SSSR count). The van der Waals surface area contributed by atoms with Crippen LogP contribution in [-0.4, -0.2) is 26.5 Å². The van der Waals surface area contributed by atoms with Crippen LogP contribution in [0.3, 0.4) is 0 Å². The molecule has 3 N–H and O–H groups in total. The van der Waals surface area contributed by atoms with Gasteiger partial charge < -0.3 is 10.1 Å². The van der Waals surface area contributed by atoms with Gasteiger partial charge in [0.2, 0.25) is 15.9 Å². The Balaban J connectivity index is 1.96. The number of hydrogen-bond donors (Lipinski definition) is 2. The first-order chi connectivity index (χ1) is 9.36. The Bertz CT molecular complexity index is 600. The highest BCUT2D eigenvalue weighted by molar-refractivity contribution is 7.89. The van der Waals surface area contributed by atoms with Crippen molar-refractivity contribution in [2.24, 2.45) is 5.14 Å². The van der Waals surface area contributed by atoms with Crippen molar-refractivity contribution in [3.05, 3.63) is 29.8 Å². The highest BCUT2D eigenvalue weighted by Gasteiger charge is 2.27. The van der Waals surface area contributed by atoms with Gasteiger partial charge in [-0.05, 0) is 37.5 Å². The number of carbonyl (C=O) groups excluding carboxylic acids is 1. The summed E-state index contributed by atoms with van der Waals surface area (Å²) in [5, 5.41) is 7.80. The number of benzene rings is 1. The molecule has 0 aromatic heterocycles. The molecule has 7 heteroatoms. The Hall–Kier alpha value is -1.44. The lowest BCUT2D eigenvalue weighted by Crippen LogP contribution is -2.34. The van der Waals surface area contributed by atoms with Crippen molar-refractivity contribution in [2.75, 3.05) is 0 Å². The second-order valence-corrected chi connectivity index (χ2v) is 6.48. The van der Waals surface area contributed by atoms with Gasteiger partial charge in [-0.2, -0.15) is 0 Å². The molecule has 1 aromatic rings. The van der Waals surface area contributed by atoms with Gasteiger partial charge >= 0.3 is 0 Å². The van der Waals surface area contributed by atoms with Gasteiger partial charge in [-0.25, -0.2) is 13.6 Å². The third kappa shape index (κ3) is 3.78. The lowest BCUT2D eigenvalue weighted by atomic mass is 10.2. The second-order valence-electron chi connectivity index (χ2n) is 4.92. The first-order valence-corrected chi connectivity index (χ1v) is 7.96. The molecule has 2 atom stereocenters. The smallest absolute Gasteiger partial charge is 0.249 e. The molecule has 0 aliphatic carbocycles. The van der Waals surface area contributed by atoms with Crippen LogP contribution < -0.4 is 10.5 Å². The fraction of sp³-hybridized carbons (Fsp3) is 0.462. The monoisotopic (exact) mass is 298 g/mol. The molecule has 1 aliphatic heterocycles. The van der Waals surface area contributed by atoms with Crippen LogP contribution in [0.5, 0.6) is 0 Å². The second kappa shape index (κ2) is 5.90. The van der Waals surface area contributed by atoms with Gasteiger partial charge in [0.25, 0.3) is 0 Å². The van der Waals surface area contributed by atoms with Crippen molar-refractivity contribution in [1.82, 2.24) is 5.32 Å². The maximum atomic E-state index is 11.9. The van der Waals surface area contributed by atoms with E-state index in [9.17, 15) is 13.2 Å². The summed E-state index contributed by atoms with van der Waals surface area (Å²) in [6.45, 7) is 2.18. The third-order valence-corrected chi connectivity index (χ3v) is 4.13. The van der Waals surface area contributed by atoms with Gasteiger partial charge in [0, 0.05) is 6.54 Å². The van der Waals surface area contributed by atoms with Crippen molar-refractivity contribution in [3.63, 3.8) is 0 Å². The van der Waals surface area contributed by atoms with E-state index in [1.807, 2.05) is 6.92 Å². The van der Waals surface area contributed by atoms with E-state index in [0.717, 1.165) is 6.42 Å². The predicted octanol–water partition coefficient (Wildman–Crippen LogP) is 0.518. The highest BCUT2D eigenvalue weighted by atomic mass is 32.2. The van der Waals surface area contributed by atoms with Crippen molar-refractivity contribution < 1.29 is 17.9 Å². The molecule has 20 heavy (non-hydrogen) atoms. The van der Waals surface area contributed by atoms with Gasteiger partial charge in [-0.3, -0.25) is 4.79 Å². The first kappa shape index (κ1) is 15.0. The van der Waals surface area contributed by atoms with Gasteiger partial charge in [0.15, 0.2) is 0 Å². The quantitative estimate of drug-likeness (QED) is 0.846. The van der Waals surface area contributed by atoms with Crippen LogP contribution in [0, 0.1) is 0 Å². The molecular weight excluding hydrogens is 280 g/mol. The summed E-state index contributed by atoms with van der Waals surface area (Å²) in [6, 6.07) is 6.19. The van der Waals surface area contributed by atoms with Crippen LogP contribution >= 0.6 is 0 Å². The molecule has 1 aliphatic rings. The molecule has 0 bridgehead atoms. The maximum Gasteiger partial charge on any atom is 0.249 e. The van der Waals surface area contributed by atoms with Crippen molar-refractivity contribution >= 4 is 15.9 Å². The zero-order chi connectivity index (χ0) is 14.8. The number of ether oxygens (including phenoxy) is 1. The summed E-state index contributed by atoms with van der Waals surface area (Å²) in [4.78, 5) is 11.9. The molecule has 0 saturated carbocycles. The van der Waals surface area contributed by atoms with Crippen LogP contribution in [0.2, 0.25) is 0 Å².